The first-order chi connectivity index (χ1) is 14.8. The van der Waals surface area contributed by atoms with Gasteiger partial charge in [0, 0.05) is 32.2 Å². The Kier molecular flexibility index (Phi) is 9.85. The number of hydrogen-bond donors (Lipinski definition) is 3. The average molecular weight is 422 g/mol. The molecule has 1 aromatic heterocycles. The van der Waals surface area contributed by atoms with E-state index in [4.69, 9.17) is 25.2 Å². The zero-order valence-electron chi connectivity index (χ0n) is 18.4. The van der Waals surface area contributed by atoms with Gasteiger partial charge in [0.2, 0.25) is 17.8 Å². The standard InChI is InChI=1S/C21H39N7O2/c1-28(18-9-3-2-4-10-18)21-26-19(23-12-14-30-16-15-29-13-11-22)25-20(27-21)24-17-7-5-6-8-17/h17-18H,2-16,22H2,1H3,(H2,23,24,25,26,27). The van der Waals surface area contributed by atoms with E-state index in [1.165, 1.54) is 57.8 Å². The zero-order valence-corrected chi connectivity index (χ0v) is 18.4. The third-order valence-corrected chi connectivity index (χ3v) is 5.91. The van der Waals surface area contributed by atoms with Crippen LogP contribution < -0.4 is 21.3 Å². The Morgan fingerprint density at radius 2 is 1.53 bits per heavy atom. The van der Waals surface area contributed by atoms with Gasteiger partial charge in [0.05, 0.1) is 26.4 Å². The monoisotopic (exact) mass is 421 g/mol. The van der Waals surface area contributed by atoms with Gasteiger partial charge in [-0.2, -0.15) is 15.0 Å². The van der Waals surface area contributed by atoms with Crippen molar-refractivity contribution in [1.29, 1.82) is 0 Å². The molecule has 1 heterocycles. The van der Waals surface area contributed by atoms with Crippen molar-refractivity contribution < 1.29 is 9.47 Å². The summed E-state index contributed by atoms with van der Waals surface area (Å²) in [5.74, 6) is 2.02. The first-order valence-corrected chi connectivity index (χ1v) is 11.6. The molecular weight excluding hydrogens is 382 g/mol. The topological polar surface area (TPSA) is 110 Å². The van der Waals surface area contributed by atoms with Crippen LogP contribution in [0.2, 0.25) is 0 Å². The minimum Gasteiger partial charge on any atom is -0.378 e. The molecule has 2 aliphatic carbocycles. The van der Waals surface area contributed by atoms with E-state index in [1.54, 1.807) is 0 Å². The lowest BCUT2D eigenvalue weighted by Gasteiger charge is -2.31. The molecule has 0 amide bonds. The molecule has 0 radical (unpaired) electrons. The molecule has 0 aliphatic heterocycles. The summed E-state index contributed by atoms with van der Waals surface area (Å²) in [6.45, 7) is 3.43. The minimum atomic E-state index is 0.463. The van der Waals surface area contributed by atoms with E-state index in [0.717, 1.165) is 5.95 Å². The predicted octanol–water partition coefficient (Wildman–Crippen LogP) is 2.40. The van der Waals surface area contributed by atoms with E-state index >= 15 is 0 Å². The number of ether oxygens (including phenoxy) is 2. The largest absolute Gasteiger partial charge is 0.378 e. The van der Waals surface area contributed by atoms with E-state index in [0.29, 0.717) is 63.5 Å². The molecule has 9 nitrogen and oxygen atoms in total. The van der Waals surface area contributed by atoms with Gasteiger partial charge in [-0.15, -0.1) is 0 Å². The number of nitrogens with zero attached hydrogens (tertiary/aromatic N) is 4. The highest BCUT2D eigenvalue weighted by molar-refractivity contribution is 5.44. The predicted molar refractivity (Wildman–Crippen MR) is 120 cm³/mol. The van der Waals surface area contributed by atoms with Crippen molar-refractivity contribution in [3.05, 3.63) is 0 Å². The molecule has 0 unspecified atom stereocenters. The fourth-order valence-electron chi connectivity index (χ4n) is 4.19. The second kappa shape index (κ2) is 12.9. The Labute approximate surface area is 180 Å². The molecule has 170 valence electrons. The third-order valence-electron chi connectivity index (χ3n) is 5.91. The Morgan fingerprint density at radius 1 is 0.867 bits per heavy atom. The van der Waals surface area contributed by atoms with Crippen LogP contribution in [0.1, 0.15) is 57.8 Å². The maximum absolute atomic E-state index is 5.59. The van der Waals surface area contributed by atoms with Gasteiger partial charge in [0.1, 0.15) is 0 Å². The Balaban J connectivity index is 1.56. The van der Waals surface area contributed by atoms with Gasteiger partial charge >= 0.3 is 0 Å². The SMILES string of the molecule is CN(c1nc(NCCOCCOCCN)nc(NC2CCCC2)n1)C1CCCCC1. The summed E-state index contributed by atoms with van der Waals surface area (Å²) in [6, 6.07) is 0.968. The quantitative estimate of drug-likeness (QED) is 0.413. The lowest BCUT2D eigenvalue weighted by molar-refractivity contribution is 0.0547. The lowest BCUT2D eigenvalue weighted by Crippen LogP contribution is -2.35. The van der Waals surface area contributed by atoms with Crippen LogP contribution in [-0.4, -0.2) is 73.6 Å². The van der Waals surface area contributed by atoms with E-state index in [-0.39, 0.29) is 0 Å². The minimum absolute atomic E-state index is 0.463. The molecule has 0 bridgehead atoms. The number of anilines is 3. The molecule has 2 aliphatic rings. The smallest absolute Gasteiger partial charge is 0.231 e. The van der Waals surface area contributed by atoms with E-state index in [1.807, 2.05) is 0 Å². The van der Waals surface area contributed by atoms with Crippen molar-refractivity contribution in [3.8, 4) is 0 Å². The molecular formula is C21H39N7O2. The Hall–Kier alpha value is -1.71. The number of aromatic nitrogens is 3. The molecule has 2 saturated carbocycles. The highest BCUT2D eigenvalue weighted by Crippen LogP contribution is 2.26. The summed E-state index contributed by atoms with van der Waals surface area (Å²) in [5.41, 5.74) is 5.40. The highest BCUT2D eigenvalue weighted by atomic mass is 16.5. The summed E-state index contributed by atoms with van der Waals surface area (Å²) in [5, 5.41) is 6.82. The highest BCUT2D eigenvalue weighted by Gasteiger charge is 2.22. The van der Waals surface area contributed by atoms with Crippen LogP contribution in [0.3, 0.4) is 0 Å². The number of rotatable bonds is 13. The molecule has 0 saturated heterocycles. The summed E-state index contributed by atoms with van der Waals surface area (Å²) >= 11 is 0. The zero-order chi connectivity index (χ0) is 21.0. The van der Waals surface area contributed by atoms with Crippen LogP contribution in [0, 0.1) is 0 Å². The molecule has 30 heavy (non-hydrogen) atoms. The van der Waals surface area contributed by atoms with Crippen molar-refractivity contribution in [2.75, 3.05) is 62.1 Å². The molecule has 0 aromatic carbocycles. The second-order valence-corrected chi connectivity index (χ2v) is 8.25. The van der Waals surface area contributed by atoms with E-state index in [9.17, 15) is 0 Å². The maximum atomic E-state index is 5.59. The van der Waals surface area contributed by atoms with Gasteiger partial charge in [-0.1, -0.05) is 32.1 Å². The average Bonchev–Trinajstić information content (AvgIpc) is 3.28. The summed E-state index contributed by atoms with van der Waals surface area (Å²) in [7, 11) is 2.11. The number of nitrogens with two attached hydrogens (primary N) is 1. The van der Waals surface area contributed by atoms with Crippen LogP contribution in [0.25, 0.3) is 0 Å². The molecule has 9 heteroatoms. The van der Waals surface area contributed by atoms with Crippen molar-refractivity contribution in [3.63, 3.8) is 0 Å². The molecule has 1 aromatic rings. The maximum Gasteiger partial charge on any atom is 0.231 e. The second-order valence-electron chi connectivity index (χ2n) is 8.25. The van der Waals surface area contributed by atoms with Gasteiger partial charge in [-0.05, 0) is 25.7 Å². The number of nitrogens with one attached hydrogen (secondary N) is 2. The van der Waals surface area contributed by atoms with Gasteiger partial charge in [0.25, 0.3) is 0 Å². The van der Waals surface area contributed by atoms with E-state index in [2.05, 4.69) is 27.6 Å². The molecule has 2 fully saturated rings. The summed E-state index contributed by atoms with van der Waals surface area (Å²) in [6.07, 6.45) is 11.2. The number of hydrogen-bond acceptors (Lipinski definition) is 9. The summed E-state index contributed by atoms with van der Waals surface area (Å²) in [4.78, 5) is 16.3. The fraction of sp³-hybridized carbons (Fsp3) is 0.857. The molecule has 3 rings (SSSR count). The van der Waals surface area contributed by atoms with Gasteiger partial charge < -0.3 is 30.7 Å². The Morgan fingerprint density at radius 3 is 2.27 bits per heavy atom. The normalized spacial score (nSPS) is 17.9. The first-order valence-electron chi connectivity index (χ1n) is 11.6. The molecule has 4 N–H and O–H groups in total. The van der Waals surface area contributed by atoms with Gasteiger partial charge in [-0.3, -0.25) is 0 Å². The van der Waals surface area contributed by atoms with Crippen LogP contribution in [0.4, 0.5) is 17.8 Å². The summed E-state index contributed by atoms with van der Waals surface area (Å²) < 4.78 is 10.9. The van der Waals surface area contributed by atoms with Crippen LogP contribution in [0.15, 0.2) is 0 Å². The van der Waals surface area contributed by atoms with Crippen molar-refractivity contribution in [2.45, 2.75) is 69.9 Å². The third kappa shape index (κ3) is 7.52. The van der Waals surface area contributed by atoms with Gasteiger partial charge in [-0.25, -0.2) is 0 Å². The Bertz CT molecular complexity index is 607. The van der Waals surface area contributed by atoms with Crippen LogP contribution in [0.5, 0.6) is 0 Å². The first kappa shape index (κ1) is 23.0. The van der Waals surface area contributed by atoms with Crippen molar-refractivity contribution >= 4 is 17.8 Å². The van der Waals surface area contributed by atoms with Gasteiger partial charge in [0.15, 0.2) is 0 Å². The van der Waals surface area contributed by atoms with Crippen molar-refractivity contribution in [1.82, 2.24) is 15.0 Å². The lowest BCUT2D eigenvalue weighted by atomic mass is 9.95. The van der Waals surface area contributed by atoms with Crippen molar-refractivity contribution in [2.24, 2.45) is 5.73 Å². The van der Waals surface area contributed by atoms with Crippen LogP contribution in [-0.2, 0) is 9.47 Å². The van der Waals surface area contributed by atoms with Crippen LogP contribution >= 0.6 is 0 Å². The molecule has 0 atom stereocenters. The molecule has 0 spiro atoms. The van der Waals surface area contributed by atoms with E-state index < -0.39 is 0 Å². The fourth-order valence-corrected chi connectivity index (χ4v) is 4.19.